The molecule has 5 unspecified atom stereocenters. The zero-order valence-electron chi connectivity index (χ0n) is 28.3. The average molecular weight is 643 g/mol. The van der Waals surface area contributed by atoms with Crippen molar-refractivity contribution in [1.29, 1.82) is 0 Å². The van der Waals surface area contributed by atoms with Crippen LogP contribution < -0.4 is 0 Å². The van der Waals surface area contributed by atoms with Gasteiger partial charge in [-0.3, -0.25) is 4.79 Å². The number of carboxylic acids is 1. The van der Waals surface area contributed by atoms with Gasteiger partial charge in [-0.1, -0.05) is 34.6 Å². The molecule has 0 saturated carbocycles. The summed E-state index contributed by atoms with van der Waals surface area (Å²) in [7, 11) is 0. The summed E-state index contributed by atoms with van der Waals surface area (Å²) in [6.45, 7) is 15.0. The van der Waals surface area contributed by atoms with Gasteiger partial charge in [-0.25, -0.2) is 0 Å². The van der Waals surface area contributed by atoms with Crippen molar-refractivity contribution in [2.24, 2.45) is 35.5 Å². The molecule has 5 fully saturated rings. The molecule has 0 aromatic heterocycles. The van der Waals surface area contributed by atoms with Crippen molar-refractivity contribution in [2.45, 2.75) is 166 Å². The normalized spacial score (nSPS) is 52.6. The molecule has 0 radical (unpaired) electrons. The van der Waals surface area contributed by atoms with Crippen LogP contribution in [0.5, 0.6) is 0 Å². The van der Waals surface area contributed by atoms with Crippen LogP contribution in [0.25, 0.3) is 0 Å². The molecule has 0 aromatic rings. The molecule has 5 saturated heterocycles. The minimum absolute atomic E-state index is 0.170. The molecule has 1 spiro atoms. The first-order chi connectivity index (χ1) is 20.9. The maximum Gasteiger partial charge on any atom is 0.308 e. The number of aliphatic hydroxyl groups excluding tert-OH is 3. The second kappa shape index (κ2) is 12.5. The summed E-state index contributed by atoms with van der Waals surface area (Å²) in [4.78, 5) is 11.6. The monoisotopic (exact) mass is 642 g/mol. The highest BCUT2D eigenvalue weighted by atomic mass is 16.7. The van der Waals surface area contributed by atoms with E-state index in [4.69, 9.17) is 23.7 Å². The standard InChI is InChI=1S/C34H58O11/c1-17-13-19(3)34(40,16-35)44-27(17)24-14-18(2)29(41-24)32(8)10-9-25(42-32)31(7)11-12-33(45-31)15-23(36)20(4)28(43-33)21(5)26(37)22(6)30(38)39/h17-29,35-37,40H,9-16H2,1-8H3,(H,38,39)/t17-,18-,19+,20+,21-,22-,23-,24?,25?,26+,27?,28?,29?,31-,32-,33+,34-/m0/s1. The van der Waals surface area contributed by atoms with E-state index in [2.05, 4.69) is 20.8 Å². The zero-order valence-corrected chi connectivity index (χ0v) is 28.3. The van der Waals surface area contributed by atoms with Gasteiger partial charge in [0, 0.05) is 30.6 Å². The minimum atomic E-state index is -1.57. The van der Waals surface area contributed by atoms with Gasteiger partial charge in [-0.05, 0) is 64.7 Å². The van der Waals surface area contributed by atoms with E-state index in [-0.39, 0.29) is 48.1 Å². The number of carboxylic acid groups (broad SMARTS) is 1. The molecular weight excluding hydrogens is 584 g/mol. The van der Waals surface area contributed by atoms with Crippen LogP contribution in [0, 0.1) is 35.5 Å². The summed E-state index contributed by atoms with van der Waals surface area (Å²) < 4.78 is 33.1. The fourth-order valence-corrected chi connectivity index (χ4v) is 9.23. The smallest absolute Gasteiger partial charge is 0.308 e. The van der Waals surface area contributed by atoms with E-state index in [1.807, 2.05) is 20.8 Å². The predicted octanol–water partition coefficient (Wildman–Crippen LogP) is 3.23. The Balaban J connectivity index is 1.25. The van der Waals surface area contributed by atoms with Gasteiger partial charge >= 0.3 is 5.97 Å². The van der Waals surface area contributed by atoms with Crippen LogP contribution in [-0.2, 0) is 28.5 Å². The maximum absolute atomic E-state index is 11.6. The molecule has 5 aliphatic heterocycles. The molecule has 5 heterocycles. The molecule has 11 heteroatoms. The van der Waals surface area contributed by atoms with Crippen molar-refractivity contribution >= 4 is 5.97 Å². The minimum Gasteiger partial charge on any atom is -0.481 e. The number of carbonyl (C=O) groups is 1. The lowest BCUT2D eigenvalue weighted by Crippen LogP contribution is -2.56. The van der Waals surface area contributed by atoms with Crippen molar-refractivity contribution < 1.29 is 54.0 Å². The third kappa shape index (κ3) is 6.35. The van der Waals surface area contributed by atoms with Crippen LogP contribution in [-0.4, -0.2) is 104 Å². The summed E-state index contributed by atoms with van der Waals surface area (Å²) in [6, 6.07) is 0. The molecule has 5 rings (SSSR count). The van der Waals surface area contributed by atoms with Crippen molar-refractivity contribution in [3.05, 3.63) is 0 Å². The molecule has 0 amide bonds. The van der Waals surface area contributed by atoms with Crippen LogP contribution in [0.15, 0.2) is 0 Å². The lowest BCUT2D eigenvalue weighted by molar-refractivity contribution is -0.335. The van der Waals surface area contributed by atoms with E-state index in [1.165, 1.54) is 6.92 Å². The molecule has 11 nitrogen and oxygen atoms in total. The third-order valence-corrected chi connectivity index (χ3v) is 12.4. The van der Waals surface area contributed by atoms with Crippen LogP contribution >= 0.6 is 0 Å². The largest absolute Gasteiger partial charge is 0.481 e. The van der Waals surface area contributed by atoms with E-state index >= 15 is 0 Å². The Kier molecular flexibility index (Phi) is 9.86. The van der Waals surface area contributed by atoms with Crippen molar-refractivity contribution in [2.75, 3.05) is 6.61 Å². The molecule has 0 aliphatic carbocycles. The lowest BCUT2D eigenvalue weighted by atomic mass is 9.78. The van der Waals surface area contributed by atoms with E-state index in [9.17, 15) is 30.3 Å². The first-order valence-electron chi connectivity index (χ1n) is 17.2. The molecule has 17 atom stereocenters. The number of hydrogen-bond donors (Lipinski definition) is 5. The van der Waals surface area contributed by atoms with Crippen LogP contribution in [0.2, 0.25) is 0 Å². The number of aliphatic carboxylic acids is 1. The number of rotatable bonds is 8. The fourth-order valence-electron chi connectivity index (χ4n) is 9.23. The summed E-state index contributed by atoms with van der Waals surface area (Å²) in [6.07, 6.45) is 1.18. The second-order valence-electron chi connectivity index (χ2n) is 16.0. The predicted molar refractivity (Wildman–Crippen MR) is 163 cm³/mol. The molecule has 45 heavy (non-hydrogen) atoms. The molecular formula is C34H58O11. The number of hydrogen-bond acceptors (Lipinski definition) is 10. The van der Waals surface area contributed by atoms with Crippen LogP contribution in [0.1, 0.15) is 100 Å². The van der Waals surface area contributed by atoms with Crippen molar-refractivity contribution in [3.8, 4) is 0 Å². The van der Waals surface area contributed by atoms with Gasteiger partial charge in [0.25, 0.3) is 0 Å². The highest BCUT2D eigenvalue weighted by Crippen LogP contribution is 2.54. The topological polar surface area (TPSA) is 164 Å². The quantitative estimate of drug-likeness (QED) is 0.264. The second-order valence-corrected chi connectivity index (χ2v) is 16.0. The van der Waals surface area contributed by atoms with Gasteiger partial charge in [0.1, 0.15) is 0 Å². The Hall–Kier alpha value is -0.890. The summed E-state index contributed by atoms with van der Waals surface area (Å²) in [5, 5.41) is 52.2. The Labute approximate surface area is 267 Å². The SMILES string of the molecule is C[C@H](C(=O)O)[C@H](O)[C@H](C)C1O[C@@]2(CC[C@@](C)(C3CC[C@@](C)(C4OC(C5O[C@@](O)(CO)[C@H](C)C[C@@H]5C)C[C@@H]4C)O3)O2)C[C@H](O)[C@H]1C. The highest BCUT2D eigenvalue weighted by molar-refractivity contribution is 5.70. The van der Waals surface area contributed by atoms with Gasteiger partial charge in [0.2, 0.25) is 0 Å². The van der Waals surface area contributed by atoms with Gasteiger partial charge < -0.3 is 49.2 Å². The summed E-state index contributed by atoms with van der Waals surface area (Å²) in [5.74, 6) is -5.31. The van der Waals surface area contributed by atoms with E-state index < -0.39 is 65.5 Å². The summed E-state index contributed by atoms with van der Waals surface area (Å²) in [5.41, 5.74) is -1.23. The van der Waals surface area contributed by atoms with E-state index in [0.717, 1.165) is 25.7 Å². The Morgan fingerprint density at radius 1 is 0.956 bits per heavy atom. The Morgan fingerprint density at radius 2 is 1.64 bits per heavy atom. The molecule has 0 aromatic carbocycles. The number of ether oxygens (including phenoxy) is 5. The van der Waals surface area contributed by atoms with Crippen molar-refractivity contribution in [3.63, 3.8) is 0 Å². The van der Waals surface area contributed by atoms with Crippen LogP contribution in [0.4, 0.5) is 0 Å². The van der Waals surface area contributed by atoms with E-state index in [0.29, 0.717) is 19.3 Å². The van der Waals surface area contributed by atoms with Gasteiger partial charge in [-0.15, -0.1) is 0 Å². The molecule has 0 bridgehead atoms. The molecule has 5 N–H and O–H groups in total. The van der Waals surface area contributed by atoms with Gasteiger partial charge in [-0.2, -0.15) is 0 Å². The Morgan fingerprint density at radius 3 is 2.29 bits per heavy atom. The average Bonchev–Trinajstić information content (AvgIpc) is 3.67. The maximum atomic E-state index is 11.6. The fraction of sp³-hybridized carbons (Fsp3) is 0.971. The van der Waals surface area contributed by atoms with Crippen LogP contribution in [0.3, 0.4) is 0 Å². The highest BCUT2D eigenvalue weighted by Gasteiger charge is 2.61. The third-order valence-electron chi connectivity index (χ3n) is 12.4. The van der Waals surface area contributed by atoms with Gasteiger partial charge in [0.05, 0.1) is 66.5 Å². The number of aliphatic hydroxyl groups is 4. The molecule has 260 valence electrons. The van der Waals surface area contributed by atoms with Gasteiger partial charge in [0.15, 0.2) is 11.6 Å². The lowest BCUT2D eigenvalue weighted by Gasteiger charge is -2.48. The first kappa shape index (κ1) is 35.4. The Bertz CT molecular complexity index is 1070. The summed E-state index contributed by atoms with van der Waals surface area (Å²) >= 11 is 0. The van der Waals surface area contributed by atoms with E-state index in [1.54, 1.807) is 6.92 Å². The zero-order chi connectivity index (χ0) is 33.3. The van der Waals surface area contributed by atoms with Crippen molar-refractivity contribution in [1.82, 2.24) is 0 Å². The molecule has 5 aliphatic rings. The first-order valence-corrected chi connectivity index (χ1v) is 17.2.